The quantitative estimate of drug-likeness (QED) is 0.775. The number of pyridine rings is 1. The van der Waals surface area contributed by atoms with Crippen molar-refractivity contribution >= 4 is 22.5 Å². The molecule has 0 spiro atoms. The molecule has 1 aromatic carbocycles. The highest BCUT2D eigenvalue weighted by Gasteiger charge is 2.25. The lowest BCUT2D eigenvalue weighted by atomic mass is 10.0. The van der Waals surface area contributed by atoms with Crippen LogP contribution >= 0.6 is 0 Å². The fraction of sp³-hybridized carbons (Fsp3) is 0.278. The maximum Gasteiger partial charge on any atom is 0.231 e. The van der Waals surface area contributed by atoms with Crippen molar-refractivity contribution < 1.29 is 4.79 Å². The molecule has 0 atom stereocenters. The van der Waals surface area contributed by atoms with E-state index in [1.165, 1.54) is 0 Å². The van der Waals surface area contributed by atoms with Gasteiger partial charge in [-0.05, 0) is 24.4 Å². The Morgan fingerprint density at radius 3 is 2.71 bits per heavy atom. The normalized spacial score (nSPS) is 14.6. The van der Waals surface area contributed by atoms with Gasteiger partial charge in [0.15, 0.2) is 0 Å². The molecule has 1 aliphatic heterocycles. The second kappa shape index (κ2) is 5.72. The Bertz CT molecular complexity index is 926. The third-order valence-corrected chi connectivity index (χ3v) is 4.64. The summed E-state index contributed by atoms with van der Waals surface area (Å²) in [5.74, 6) is 1.64. The fourth-order valence-electron chi connectivity index (χ4n) is 2.84. The molecule has 24 heavy (non-hydrogen) atoms. The Balaban J connectivity index is 1.67. The lowest BCUT2D eigenvalue weighted by molar-refractivity contribution is -0.121. The average Bonchev–Trinajstić information content (AvgIpc) is 2.84. The molecule has 2 aromatic heterocycles. The van der Waals surface area contributed by atoms with Gasteiger partial charge in [-0.3, -0.25) is 4.79 Å². The predicted octanol–water partition coefficient (Wildman–Crippen LogP) is 2.10. The van der Waals surface area contributed by atoms with Gasteiger partial charge in [-0.1, -0.05) is 12.1 Å². The monoisotopic (exact) mass is 321 g/mol. The number of carbonyl (C=O) groups is 1. The Labute approximate surface area is 139 Å². The number of aryl methyl sites for hydroxylation is 1. The van der Waals surface area contributed by atoms with Gasteiger partial charge in [-0.2, -0.15) is 0 Å². The topological polar surface area (TPSA) is 71.8 Å². The molecular formula is C18H19N5O. The van der Waals surface area contributed by atoms with Gasteiger partial charge in [0.1, 0.15) is 11.6 Å². The third-order valence-electron chi connectivity index (χ3n) is 4.64. The maximum absolute atomic E-state index is 12.1. The molecule has 0 bridgehead atoms. The molecule has 1 aliphatic rings. The number of nitrogens with zero attached hydrogens (tertiary/aromatic N) is 3. The van der Waals surface area contributed by atoms with Crippen LogP contribution in [0.25, 0.3) is 22.0 Å². The maximum atomic E-state index is 12.1. The summed E-state index contributed by atoms with van der Waals surface area (Å²) in [6.07, 6.45) is 3.67. The first-order valence-electron chi connectivity index (χ1n) is 8.02. The minimum atomic E-state index is 0.0269. The van der Waals surface area contributed by atoms with Crippen LogP contribution in [0.4, 0.5) is 5.82 Å². The summed E-state index contributed by atoms with van der Waals surface area (Å²) in [6.45, 7) is 3.46. The predicted molar refractivity (Wildman–Crippen MR) is 93.7 cm³/mol. The molecular weight excluding hydrogens is 302 g/mol. The van der Waals surface area contributed by atoms with Crippen molar-refractivity contribution in [3.8, 4) is 11.3 Å². The van der Waals surface area contributed by atoms with Crippen molar-refractivity contribution in [2.45, 2.75) is 6.92 Å². The van der Waals surface area contributed by atoms with Crippen LogP contribution in [0, 0.1) is 12.8 Å². The first-order valence-corrected chi connectivity index (χ1v) is 8.02. The van der Waals surface area contributed by atoms with Crippen LogP contribution in [0.3, 0.4) is 0 Å². The summed E-state index contributed by atoms with van der Waals surface area (Å²) in [7, 11) is 2.01. The first-order chi connectivity index (χ1) is 11.6. The van der Waals surface area contributed by atoms with Crippen LogP contribution in [-0.2, 0) is 11.8 Å². The highest BCUT2D eigenvalue weighted by molar-refractivity contribution is 5.95. The van der Waals surface area contributed by atoms with Crippen molar-refractivity contribution in [3.63, 3.8) is 0 Å². The number of benzene rings is 1. The minimum absolute atomic E-state index is 0.0269. The van der Waals surface area contributed by atoms with Crippen molar-refractivity contribution in [3.05, 3.63) is 42.5 Å². The Hall–Kier alpha value is -2.73. The van der Waals surface area contributed by atoms with E-state index >= 15 is 0 Å². The molecule has 0 saturated carbocycles. The van der Waals surface area contributed by atoms with Crippen LogP contribution in [0.15, 0.2) is 36.7 Å². The summed E-state index contributed by atoms with van der Waals surface area (Å²) in [5.41, 5.74) is 2.16. The second-order valence-corrected chi connectivity index (χ2v) is 6.23. The molecule has 1 amide bonds. The summed E-state index contributed by atoms with van der Waals surface area (Å²) in [6, 6.07) is 8.14. The molecule has 3 heterocycles. The minimum Gasteiger partial charge on any atom is -0.331 e. The fourth-order valence-corrected chi connectivity index (χ4v) is 2.84. The number of amides is 1. The van der Waals surface area contributed by atoms with E-state index in [-0.39, 0.29) is 11.8 Å². The molecule has 0 unspecified atom stereocenters. The molecule has 2 N–H and O–H groups in total. The van der Waals surface area contributed by atoms with Gasteiger partial charge in [-0.25, -0.2) is 9.97 Å². The third kappa shape index (κ3) is 2.55. The van der Waals surface area contributed by atoms with E-state index < -0.39 is 0 Å². The van der Waals surface area contributed by atoms with Gasteiger partial charge < -0.3 is 15.2 Å². The van der Waals surface area contributed by atoms with E-state index in [0.29, 0.717) is 5.82 Å². The van der Waals surface area contributed by atoms with Crippen molar-refractivity contribution in [1.82, 2.24) is 19.9 Å². The van der Waals surface area contributed by atoms with E-state index in [4.69, 9.17) is 0 Å². The number of imidazole rings is 1. The van der Waals surface area contributed by atoms with Gasteiger partial charge in [0.25, 0.3) is 0 Å². The largest absolute Gasteiger partial charge is 0.331 e. The number of hydrogen-bond acceptors (Lipinski definition) is 4. The number of fused-ring (bicyclic) bond motifs is 1. The molecule has 122 valence electrons. The zero-order chi connectivity index (χ0) is 16.7. The van der Waals surface area contributed by atoms with Gasteiger partial charge in [0.05, 0.1) is 17.8 Å². The molecule has 0 radical (unpaired) electrons. The van der Waals surface area contributed by atoms with Gasteiger partial charge >= 0.3 is 0 Å². The summed E-state index contributed by atoms with van der Waals surface area (Å²) in [4.78, 5) is 20.8. The average molecular weight is 321 g/mol. The van der Waals surface area contributed by atoms with E-state index in [9.17, 15) is 4.79 Å². The zero-order valence-electron chi connectivity index (χ0n) is 13.7. The molecule has 1 fully saturated rings. The van der Waals surface area contributed by atoms with Gasteiger partial charge in [0, 0.05) is 37.3 Å². The molecule has 0 aliphatic carbocycles. The zero-order valence-corrected chi connectivity index (χ0v) is 13.7. The highest BCUT2D eigenvalue weighted by atomic mass is 16.2. The van der Waals surface area contributed by atoms with Crippen molar-refractivity contribution in [2.24, 2.45) is 13.0 Å². The smallest absolute Gasteiger partial charge is 0.231 e. The van der Waals surface area contributed by atoms with E-state index in [1.54, 1.807) is 6.20 Å². The number of nitrogens with one attached hydrogen (secondary N) is 2. The number of rotatable bonds is 3. The van der Waals surface area contributed by atoms with Crippen LogP contribution in [-0.4, -0.2) is 33.5 Å². The van der Waals surface area contributed by atoms with Crippen LogP contribution < -0.4 is 10.6 Å². The SMILES string of the molecule is Cc1ncc(-c2ccc3cnc(NC(=O)C4CNC4)cc3c2)n1C. The number of anilines is 1. The van der Waals surface area contributed by atoms with E-state index in [0.717, 1.165) is 40.9 Å². The van der Waals surface area contributed by atoms with Crippen molar-refractivity contribution in [1.29, 1.82) is 0 Å². The molecule has 1 saturated heterocycles. The number of hydrogen-bond donors (Lipinski definition) is 2. The lowest BCUT2D eigenvalue weighted by Gasteiger charge is -2.25. The standard InChI is InChI=1S/C18H19N5O/c1-11-20-10-16(23(11)2)12-3-4-13-9-21-17(6-14(13)5-12)22-18(24)15-7-19-8-15/h3-6,9-10,15,19H,7-8H2,1-2H3,(H,21,22,24). The van der Waals surface area contributed by atoms with Gasteiger partial charge in [0.2, 0.25) is 5.91 Å². The number of aromatic nitrogens is 3. The van der Waals surface area contributed by atoms with Crippen LogP contribution in [0.1, 0.15) is 5.82 Å². The highest BCUT2D eigenvalue weighted by Crippen LogP contribution is 2.26. The Morgan fingerprint density at radius 2 is 2.04 bits per heavy atom. The van der Waals surface area contributed by atoms with Gasteiger partial charge in [-0.15, -0.1) is 0 Å². The Morgan fingerprint density at radius 1 is 1.21 bits per heavy atom. The second-order valence-electron chi connectivity index (χ2n) is 6.23. The summed E-state index contributed by atoms with van der Waals surface area (Å²) < 4.78 is 2.06. The summed E-state index contributed by atoms with van der Waals surface area (Å²) in [5, 5.41) is 8.09. The Kier molecular flexibility index (Phi) is 3.54. The van der Waals surface area contributed by atoms with Crippen LogP contribution in [0.2, 0.25) is 0 Å². The number of carbonyl (C=O) groups excluding carboxylic acids is 1. The molecule has 6 nitrogen and oxygen atoms in total. The molecule has 6 heteroatoms. The summed E-state index contributed by atoms with van der Waals surface area (Å²) >= 11 is 0. The van der Waals surface area contributed by atoms with E-state index in [2.05, 4.69) is 37.3 Å². The first kappa shape index (κ1) is 14.8. The van der Waals surface area contributed by atoms with Crippen molar-refractivity contribution in [2.75, 3.05) is 18.4 Å². The molecule has 3 aromatic rings. The van der Waals surface area contributed by atoms with Crippen LogP contribution in [0.5, 0.6) is 0 Å². The van der Waals surface area contributed by atoms with E-state index in [1.807, 2.05) is 32.3 Å². The lowest BCUT2D eigenvalue weighted by Crippen LogP contribution is -2.48. The molecule has 4 rings (SSSR count).